The Balaban J connectivity index is 1.90. The Bertz CT molecular complexity index is 936. The number of pyridine rings is 1. The van der Waals surface area contributed by atoms with Crippen molar-refractivity contribution >= 4 is 5.91 Å². The number of likely N-dealkylation sites (tertiary alicyclic amines) is 1. The van der Waals surface area contributed by atoms with Gasteiger partial charge < -0.3 is 14.4 Å². The molecule has 1 unspecified atom stereocenters. The molecule has 152 valence electrons. The first kappa shape index (κ1) is 20.5. The third-order valence-electron chi connectivity index (χ3n) is 4.77. The lowest BCUT2D eigenvalue weighted by molar-refractivity contribution is -0.189. The molecule has 6 nitrogen and oxygen atoms in total. The Labute approximate surface area is 165 Å². The number of nitriles is 1. The zero-order chi connectivity index (χ0) is 21.2. The first-order valence-electron chi connectivity index (χ1n) is 8.80. The number of hydrogen-bond donors (Lipinski definition) is 0. The molecule has 9 heteroatoms. The third kappa shape index (κ3) is 4.11. The van der Waals surface area contributed by atoms with Gasteiger partial charge in [-0.25, -0.2) is 0 Å². The highest BCUT2D eigenvalue weighted by Crippen LogP contribution is 2.38. The van der Waals surface area contributed by atoms with E-state index in [1.165, 1.54) is 24.1 Å². The summed E-state index contributed by atoms with van der Waals surface area (Å²) in [5.41, 5.74) is 0.869. The summed E-state index contributed by atoms with van der Waals surface area (Å²) >= 11 is 0. The Kier molecular flexibility index (Phi) is 5.64. The Hall–Kier alpha value is -3.28. The molecule has 2 heterocycles. The topological polar surface area (TPSA) is 75.5 Å². The van der Waals surface area contributed by atoms with Crippen molar-refractivity contribution in [2.75, 3.05) is 20.2 Å². The van der Waals surface area contributed by atoms with E-state index in [2.05, 4.69) is 4.98 Å². The zero-order valence-corrected chi connectivity index (χ0v) is 15.7. The normalized spacial score (nSPS) is 15.2. The van der Waals surface area contributed by atoms with Crippen molar-refractivity contribution in [1.82, 2.24) is 9.88 Å². The molecule has 3 rings (SSSR count). The minimum atomic E-state index is -4.61. The van der Waals surface area contributed by atoms with E-state index in [4.69, 9.17) is 9.47 Å². The summed E-state index contributed by atoms with van der Waals surface area (Å²) < 4.78 is 49.1. The molecule has 0 radical (unpaired) electrons. The Morgan fingerprint density at radius 3 is 2.48 bits per heavy atom. The van der Waals surface area contributed by atoms with Crippen LogP contribution in [0.1, 0.15) is 34.3 Å². The van der Waals surface area contributed by atoms with Crippen LogP contribution in [-0.4, -0.2) is 48.3 Å². The molecule has 1 atom stereocenters. The minimum absolute atomic E-state index is 0.0362. The highest BCUT2D eigenvalue weighted by atomic mass is 19.4. The third-order valence-corrected chi connectivity index (χ3v) is 4.77. The van der Waals surface area contributed by atoms with Crippen molar-refractivity contribution in [3.05, 3.63) is 53.3 Å². The number of carbonyl (C=O) groups is 1. The van der Waals surface area contributed by atoms with Crippen LogP contribution >= 0.6 is 0 Å². The van der Waals surface area contributed by atoms with E-state index < -0.39 is 18.2 Å². The van der Waals surface area contributed by atoms with Crippen molar-refractivity contribution in [3.63, 3.8) is 0 Å². The Morgan fingerprint density at radius 1 is 1.28 bits per heavy atom. The minimum Gasteiger partial charge on any atom is -0.494 e. The van der Waals surface area contributed by atoms with Crippen molar-refractivity contribution in [2.45, 2.75) is 25.1 Å². The van der Waals surface area contributed by atoms with Crippen LogP contribution in [0, 0.1) is 11.3 Å². The molecular formula is C20H18F3N3O3. The van der Waals surface area contributed by atoms with Gasteiger partial charge in [0, 0.05) is 31.4 Å². The predicted molar refractivity (Wildman–Crippen MR) is 96.7 cm³/mol. The summed E-state index contributed by atoms with van der Waals surface area (Å²) in [6, 6.07) is 8.04. The van der Waals surface area contributed by atoms with Gasteiger partial charge in [-0.1, -0.05) is 0 Å². The van der Waals surface area contributed by atoms with Gasteiger partial charge >= 0.3 is 6.18 Å². The average molecular weight is 405 g/mol. The number of aromatic nitrogens is 1. The van der Waals surface area contributed by atoms with Crippen LogP contribution in [0.3, 0.4) is 0 Å². The van der Waals surface area contributed by atoms with Crippen LogP contribution in [-0.2, 0) is 0 Å². The molecule has 2 aromatic rings. The van der Waals surface area contributed by atoms with Gasteiger partial charge in [-0.2, -0.15) is 18.4 Å². The van der Waals surface area contributed by atoms with Crippen molar-refractivity contribution in [1.29, 1.82) is 5.26 Å². The summed E-state index contributed by atoms with van der Waals surface area (Å²) in [4.78, 5) is 18.5. The molecule has 0 saturated carbocycles. The molecular weight excluding hydrogens is 387 g/mol. The molecule has 0 bridgehead atoms. The predicted octanol–water partition coefficient (Wildman–Crippen LogP) is 3.53. The summed E-state index contributed by atoms with van der Waals surface area (Å²) in [5.74, 6) is -0.820. The molecule has 0 aliphatic carbocycles. The standard InChI is InChI=1S/C20H18F3N3O3/c1-12(20(21,22)23)29-16-4-3-14(9-24)18(28-2)17(16)19(27)26-10-15(11-26)13-5-7-25-8-6-13/h3-8,12,15H,10-11H2,1-2H3. The zero-order valence-electron chi connectivity index (χ0n) is 15.7. The monoisotopic (exact) mass is 405 g/mol. The highest BCUT2D eigenvalue weighted by molar-refractivity contribution is 6.01. The van der Waals surface area contributed by atoms with Gasteiger partial charge in [0.1, 0.15) is 17.4 Å². The number of alkyl halides is 3. The maximum absolute atomic E-state index is 13.1. The second kappa shape index (κ2) is 7.99. The molecule has 0 N–H and O–H groups in total. The van der Waals surface area contributed by atoms with Crippen molar-refractivity contribution < 1.29 is 27.4 Å². The summed E-state index contributed by atoms with van der Waals surface area (Å²) in [6.45, 7) is 1.62. The molecule has 1 aromatic carbocycles. The molecule has 1 fully saturated rings. The molecule has 1 aliphatic heterocycles. The second-order valence-electron chi connectivity index (χ2n) is 6.62. The van der Waals surface area contributed by atoms with Gasteiger partial charge in [0.05, 0.1) is 12.7 Å². The summed E-state index contributed by atoms with van der Waals surface area (Å²) in [5, 5.41) is 9.28. The number of methoxy groups -OCH3 is 1. The van der Waals surface area contributed by atoms with Crippen LogP contribution in [0.5, 0.6) is 11.5 Å². The van der Waals surface area contributed by atoms with Gasteiger partial charge in [-0.05, 0) is 36.8 Å². The van der Waals surface area contributed by atoms with Crippen LogP contribution in [0.4, 0.5) is 13.2 Å². The molecule has 0 spiro atoms. The SMILES string of the molecule is COc1c(C#N)ccc(OC(C)C(F)(F)F)c1C(=O)N1CC(c2ccncc2)C1. The van der Waals surface area contributed by atoms with Gasteiger partial charge in [0.2, 0.25) is 0 Å². The van der Waals surface area contributed by atoms with Crippen LogP contribution in [0.2, 0.25) is 0 Å². The number of ether oxygens (including phenoxy) is 2. The average Bonchev–Trinajstić information content (AvgIpc) is 2.66. The summed E-state index contributed by atoms with van der Waals surface area (Å²) in [7, 11) is 1.25. The maximum Gasteiger partial charge on any atom is 0.425 e. The lowest BCUT2D eigenvalue weighted by Crippen LogP contribution is -2.48. The quantitative estimate of drug-likeness (QED) is 0.761. The largest absolute Gasteiger partial charge is 0.494 e. The smallest absolute Gasteiger partial charge is 0.425 e. The number of amides is 1. The number of nitrogens with zero attached hydrogens (tertiary/aromatic N) is 3. The van der Waals surface area contributed by atoms with E-state index in [9.17, 15) is 23.2 Å². The van der Waals surface area contributed by atoms with Gasteiger partial charge in [-0.3, -0.25) is 9.78 Å². The van der Waals surface area contributed by atoms with Crippen molar-refractivity contribution in [3.8, 4) is 17.6 Å². The number of hydrogen-bond acceptors (Lipinski definition) is 5. The van der Waals surface area contributed by atoms with Crippen LogP contribution < -0.4 is 9.47 Å². The molecule has 1 aliphatic rings. The number of carbonyl (C=O) groups excluding carboxylic acids is 1. The van der Waals surface area contributed by atoms with E-state index >= 15 is 0 Å². The first-order valence-corrected chi connectivity index (χ1v) is 8.80. The first-order chi connectivity index (χ1) is 13.8. The van der Waals surface area contributed by atoms with Gasteiger partial charge in [-0.15, -0.1) is 0 Å². The highest BCUT2D eigenvalue weighted by Gasteiger charge is 2.40. The Morgan fingerprint density at radius 2 is 1.93 bits per heavy atom. The fourth-order valence-corrected chi connectivity index (χ4v) is 3.07. The number of rotatable bonds is 5. The van der Waals surface area contributed by atoms with Crippen LogP contribution in [0.25, 0.3) is 0 Å². The fourth-order valence-electron chi connectivity index (χ4n) is 3.07. The molecule has 1 amide bonds. The van der Waals surface area contributed by atoms with E-state index in [1.807, 2.05) is 18.2 Å². The van der Waals surface area contributed by atoms with E-state index in [0.29, 0.717) is 13.1 Å². The van der Waals surface area contributed by atoms with Crippen LogP contribution in [0.15, 0.2) is 36.7 Å². The number of halogens is 3. The van der Waals surface area contributed by atoms with E-state index in [1.54, 1.807) is 12.4 Å². The van der Waals surface area contributed by atoms with Gasteiger partial charge in [0.25, 0.3) is 5.91 Å². The second-order valence-corrected chi connectivity index (χ2v) is 6.62. The number of benzene rings is 1. The van der Waals surface area contributed by atoms with E-state index in [-0.39, 0.29) is 28.5 Å². The van der Waals surface area contributed by atoms with Gasteiger partial charge in [0.15, 0.2) is 11.9 Å². The molecule has 29 heavy (non-hydrogen) atoms. The lowest BCUT2D eigenvalue weighted by atomic mass is 9.91. The molecule has 1 saturated heterocycles. The van der Waals surface area contributed by atoms with Crippen molar-refractivity contribution in [2.24, 2.45) is 0 Å². The summed E-state index contributed by atoms with van der Waals surface area (Å²) in [6.07, 6.45) is -3.43. The lowest BCUT2D eigenvalue weighted by Gasteiger charge is -2.40. The fraction of sp³-hybridized carbons (Fsp3) is 0.350. The maximum atomic E-state index is 13.1. The van der Waals surface area contributed by atoms with E-state index in [0.717, 1.165) is 12.5 Å². The molecule has 1 aromatic heterocycles.